The van der Waals surface area contributed by atoms with Crippen molar-refractivity contribution in [3.05, 3.63) is 43.0 Å². The first-order chi connectivity index (χ1) is 11.1. The molecule has 1 aliphatic heterocycles. The Morgan fingerprint density at radius 1 is 1.17 bits per heavy atom. The lowest BCUT2D eigenvalue weighted by Gasteiger charge is -2.26. The fourth-order valence-electron chi connectivity index (χ4n) is 2.81. The maximum Gasteiger partial charge on any atom is 0.241 e. The monoisotopic (exact) mass is 315 g/mol. The highest BCUT2D eigenvalue weighted by molar-refractivity contribution is 5.95. The van der Waals surface area contributed by atoms with Crippen LogP contribution >= 0.6 is 0 Å². The number of carbonyl (C=O) groups excluding carboxylic acids is 2. The Kier molecular flexibility index (Phi) is 6.35. The van der Waals surface area contributed by atoms with Crippen molar-refractivity contribution < 1.29 is 9.59 Å². The van der Waals surface area contributed by atoms with Crippen LogP contribution in [0.1, 0.15) is 13.3 Å². The third-order valence-corrected chi connectivity index (χ3v) is 4.07. The van der Waals surface area contributed by atoms with Gasteiger partial charge in [0.05, 0.1) is 6.54 Å². The van der Waals surface area contributed by atoms with Gasteiger partial charge in [-0.25, -0.2) is 0 Å². The number of anilines is 1. The molecule has 0 bridgehead atoms. The van der Waals surface area contributed by atoms with E-state index in [4.69, 9.17) is 0 Å². The molecule has 0 saturated carbocycles. The Hall–Kier alpha value is -2.14. The highest BCUT2D eigenvalue weighted by Gasteiger charge is 2.21. The Labute approximate surface area is 138 Å². The van der Waals surface area contributed by atoms with Gasteiger partial charge in [-0.15, -0.1) is 6.58 Å². The zero-order valence-electron chi connectivity index (χ0n) is 13.8. The molecule has 0 unspecified atom stereocenters. The van der Waals surface area contributed by atoms with Crippen LogP contribution in [0.15, 0.2) is 43.0 Å². The molecule has 0 N–H and O–H groups in total. The van der Waals surface area contributed by atoms with Crippen LogP contribution in [0, 0.1) is 0 Å². The highest BCUT2D eigenvalue weighted by atomic mass is 16.2. The van der Waals surface area contributed by atoms with Crippen LogP contribution in [0.25, 0.3) is 0 Å². The molecule has 1 aromatic rings. The Morgan fingerprint density at radius 2 is 1.91 bits per heavy atom. The molecule has 1 saturated heterocycles. The van der Waals surface area contributed by atoms with Crippen molar-refractivity contribution in [3.8, 4) is 0 Å². The van der Waals surface area contributed by atoms with E-state index in [1.54, 1.807) is 17.9 Å². The van der Waals surface area contributed by atoms with E-state index < -0.39 is 0 Å². The number of nitrogens with zero attached hydrogens (tertiary/aromatic N) is 3. The van der Waals surface area contributed by atoms with Gasteiger partial charge >= 0.3 is 0 Å². The summed E-state index contributed by atoms with van der Waals surface area (Å²) in [4.78, 5) is 29.9. The first-order valence-electron chi connectivity index (χ1n) is 8.06. The van der Waals surface area contributed by atoms with Gasteiger partial charge in [0.25, 0.3) is 0 Å². The largest absolute Gasteiger partial charge is 0.342 e. The minimum Gasteiger partial charge on any atom is -0.342 e. The van der Waals surface area contributed by atoms with Gasteiger partial charge in [0, 0.05) is 45.3 Å². The molecule has 0 radical (unpaired) electrons. The first kappa shape index (κ1) is 17.2. The van der Waals surface area contributed by atoms with Gasteiger partial charge in [-0.2, -0.15) is 0 Å². The molecule has 2 amide bonds. The minimum absolute atomic E-state index is 0.0624. The third kappa shape index (κ3) is 4.93. The Morgan fingerprint density at radius 3 is 2.57 bits per heavy atom. The summed E-state index contributed by atoms with van der Waals surface area (Å²) in [6, 6.07) is 9.65. The quantitative estimate of drug-likeness (QED) is 0.778. The lowest BCUT2D eigenvalue weighted by molar-refractivity contribution is -0.128. The number of para-hydroxylation sites is 1. The molecule has 124 valence electrons. The molecular weight excluding hydrogens is 290 g/mol. The molecule has 1 aliphatic rings. The zero-order chi connectivity index (χ0) is 16.7. The predicted molar refractivity (Wildman–Crippen MR) is 92.3 cm³/mol. The average Bonchev–Trinajstić information content (AvgIpc) is 2.79. The summed E-state index contributed by atoms with van der Waals surface area (Å²) in [6.07, 6.45) is 2.64. The maximum absolute atomic E-state index is 12.7. The molecule has 0 atom stereocenters. The number of hydrogen-bond acceptors (Lipinski definition) is 3. The van der Waals surface area contributed by atoms with Crippen molar-refractivity contribution in [3.63, 3.8) is 0 Å². The van der Waals surface area contributed by atoms with Gasteiger partial charge in [0.15, 0.2) is 0 Å². The van der Waals surface area contributed by atoms with Crippen molar-refractivity contribution in [1.29, 1.82) is 0 Å². The smallest absolute Gasteiger partial charge is 0.241 e. The van der Waals surface area contributed by atoms with E-state index in [-0.39, 0.29) is 11.8 Å². The Balaban J connectivity index is 1.98. The summed E-state index contributed by atoms with van der Waals surface area (Å²) in [5, 5.41) is 0. The maximum atomic E-state index is 12.7. The fraction of sp³-hybridized carbons (Fsp3) is 0.444. The summed E-state index contributed by atoms with van der Waals surface area (Å²) in [5.74, 6) is 0.170. The molecule has 0 spiro atoms. The molecule has 23 heavy (non-hydrogen) atoms. The third-order valence-electron chi connectivity index (χ3n) is 4.07. The second kappa shape index (κ2) is 8.48. The van der Waals surface area contributed by atoms with E-state index in [2.05, 4.69) is 11.5 Å². The van der Waals surface area contributed by atoms with E-state index in [1.807, 2.05) is 35.2 Å². The van der Waals surface area contributed by atoms with Crippen molar-refractivity contribution in [2.24, 2.45) is 0 Å². The normalized spacial score (nSPS) is 15.8. The first-order valence-corrected chi connectivity index (χ1v) is 8.06. The van der Waals surface area contributed by atoms with Crippen LogP contribution in [0.2, 0.25) is 0 Å². The molecule has 1 fully saturated rings. The van der Waals surface area contributed by atoms with E-state index in [0.29, 0.717) is 19.6 Å². The average molecular weight is 315 g/mol. The van der Waals surface area contributed by atoms with Gasteiger partial charge in [-0.3, -0.25) is 14.5 Å². The van der Waals surface area contributed by atoms with Crippen LogP contribution in [0.3, 0.4) is 0 Å². The number of amides is 2. The van der Waals surface area contributed by atoms with E-state index in [1.165, 1.54) is 0 Å². The highest BCUT2D eigenvalue weighted by Crippen LogP contribution is 2.14. The molecule has 1 aromatic carbocycles. The van der Waals surface area contributed by atoms with Gasteiger partial charge in [-0.05, 0) is 18.6 Å². The summed E-state index contributed by atoms with van der Waals surface area (Å²) >= 11 is 0. The molecule has 0 aromatic heterocycles. The van der Waals surface area contributed by atoms with Gasteiger partial charge in [0.2, 0.25) is 11.8 Å². The second-order valence-electron chi connectivity index (χ2n) is 5.76. The van der Waals surface area contributed by atoms with E-state index in [0.717, 1.165) is 31.7 Å². The summed E-state index contributed by atoms with van der Waals surface area (Å²) in [5.41, 5.74) is 0.887. The molecule has 5 heteroatoms. The van der Waals surface area contributed by atoms with Crippen LogP contribution in [-0.4, -0.2) is 60.9 Å². The standard InChI is InChI=1S/C18H25N3O2/c1-3-10-21(17-8-5-4-6-9-17)18(23)15-19-11-7-12-20(14-13-19)16(2)22/h3-6,8-9H,1,7,10-15H2,2H3. The topological polar surface area (TPSA) is 43.9 Å². The molecule has 0 aliphatic carbocycles. The predicted octanol–water partition coefficient (Wildman–Crippen LogP) is 1.76. The number of rotatable bonds is 5. The Bertz CT molecular complexity index is 544. The van der Waals surface area contributed by atoms with Crippen LogP contribution < -0.4 is 4.90 Å². The van der Waals surface area contributed by atoms with Crippen LogP contribution in [-0.2, 0) is 9.59 Å². The molecule has 5 nitrogen and oxygen atoms in total. The summed E-state index contributed by atoms with van der Waals surface area (Å²) in [7, 11) is 0. The lowest BCUT2D eigenvalue weighted by atomic mass is 10.2. The second-order valence-corrected chi connectivity index (χ2v) is 5.76. The molecule has 1 heterocycles. The van der Waals surface area contributed by atoms with E-state index in [9.17, 15) is 9.59 Å². The minimum atomic E-state index is 0.0624. The number of hydrogen-bond donors (Lipinski definition) is 0. The van der Waals surface area contributed by atoms with Gasteiger partial charge in [-0.1, -0.05) is 24.3 Å². The van der Waals surface area contributed by atoms with Crippen molar-refractivity contribution >= 4 is 17.5 Å². The fourth-order valence-corrected chi connectivity index (χ4v) is 2.81. The van der Waals surface area contributed by atoms with Crippen molar-refractivity contribution in [2.45, 2.75) is 13.3 Å². The van der Waals surface area contributed by atoms with Crippen LogP contribution in [0.5, 0.6) is 0 Å². The lowest BCUT2D eigenvalue weighted by Crippen LogP contribution is -2.42. The SMILES string of the molecule is C=CCN(C(=O)CN1CCCN(C(C)=O)CC1)c1ccccc1. The van der Waals surface area contributed by atoms with E-state index >= 15 is 0 Å². The van der Waals surface area contributed by atoms with Gasteiger partial charge in [0.1, 0.15) is 0 Å². The van der Waals surface area contributed by atoms with Crippen molar-refractivity contribution in [1.82, 2.24) is 9.80 Å². The summed E-state index contributed by atoms with van der Waals surface area (Å²) in [6.45, 7) is 9.25. The van der Waals surface area contributed by atoms with Crippen LogP contribution in [0.4, 0.5) is 5.69 Å². The molecule has 2 rings (SSSR count). The van der Waals surface area contributed by atoms with Gasteiger partial charge < -0.3 is 9.80 Å². The zero-order valence-corrected chi connectivity index (χ0v) is 13.8. The number of benzene rings is 1. The van der Waals surface area contributed by atoms with Crippen molar-refractivity contribution in [2.75, 3.05) is 44.2 Å². The number of carbonyl (C=O) groups is 2. The molecular formula is C18H25N3O2. The summed E-state index contributed by atoms with van der Waals surface area (Å²) < 4.78 is 0.